The first-order chi connectivity index (χ1) is 7.69. The number of nitrogens with zero attached hydrogens (tertiary/aromatic N) is 2. The Bertz CT molecular complexity index is 559. The number of rotatable bonds is 2. The Balaban J connectivity index is 2.31. The molecule has 16 heavy (non-hydrogen) atoms. The van der Waals surface area contributed by atoms with Crippen LogP contribution in [-0.2, 0) is 0 Å². The van der Waals surface area contributed by atoms with Crippen LogP contribution in [0.5, 0.6) is 0 Å². The van der Waals surface area contributed by atoms with Gasteiger partial charge in [-0.05, 0) is 36.9 Å². The van der Waals surface area contributed by atoms with Gasteiger partial charge in [0.15, 0.2) is 0 Å². The van der Waals surface area contributed by atoms with Gasteiger partial charge in [-0.15, -0.1) is 0 Å². The minimum absolute atomic E-state index is 0.552. The molecule has 0 atom stereocenters. The molecule has 2 aromatic rings. The minimum Gasteiger partial charge on any atom is -0.439 e. The molecule has 0 saturated carbocycles. The van der Waals surface area contributed by atoms with Crippen LogP contribution in [0.3, 0.4) is 0 Å². The lowest BCUT2D eigenvalue weighted by molar-refractivity contribution is 0.454. The lowest BCUT2D eigenvalue weighted by atomic mass is 10.2. The highest BCUT2D eigenvalue weighted by atomic mass is 79.9. The lowest BCUT2D eigenvalue weighted by Gasteiger charge is -2.00. The van der Waals surface area contributed by atoms with Crippen molar-refractivity contribution in [1.29, 1.82) is 5.26 Å². The third-order valence-electron chi connectivity index (χ3n) is 1.86. The van der Waals surface area contributed by atoms with Crippen molar-refractivity contribution < 1.29 is 4.42 Å². The van der Waals surface area contributed by atoms with Crippen LogP contribution in [0.25, 0.3) is 0 Å². The molecule has 0 radical (unpaired) electrons. The van der Waals surface area contributed by atoms with Gasteiger partial charge in [-0.3, -0.25) is 0 Å². The monoisotopic (exact) mass is 294 g/mol. The summed E-state index contributed by atoms with van der Waals surface area (Å²) in [7, 11) is 0. The van der Waals surface area contributed by atoms with E-state index in [0.29, 0.717) is 10.8 Å². The molecule has 0 aliphatic rings. The third kappa shape index (κ3) is 2.46. The molecule has 0 amide bonds. The third-order valence-corrected chi connectivity index (χ3v) is 3.29. The fraction of sp³-hybridized carbons (Fsp3) is 0.0909. The van der Waals surface area contributed by atoms with E-state index in [4.69, 9.17) is 9.68 Å². The maximum absolute atomic E-state index is 8.99. The summed E-state index contributed by atoms with van der Waals surface area (Å²) in [5.41, 5.74) is 1.44. The second-order valence-corrected chi connectivity index (χ2v) is 5.02. The summed E-state index contributed by atoms with van der Waals surface area (Å²) in [6, 6.07) is 7.67. The van der Waals surface area contributed by atoms with Gasteiger partial charge in [0.1, 0.15) is 12.3 Å². The van der Waals surface area contributed by atoms with Gasteiger partial charge in [-0.1, -0.05) is 15.9 Å². The van der Waals surface area contributed by atoms with Gasteiger partial charge in [0, 0.05) is 9.37 Å². The van der Waals surface area contributed by atoms with Crippen molar-refractivity contribution in [3.8, 4) is 6.07 Å². The molecule has 0 aliphatic heterocycles. The maximum Gasteiger partial charge on any atom is 0.260 e. The van der Waals surface area contributed by atoms with Crippen molar-refractivity contribution >= 4 is 27.7 Å². The number of hydrogen-bond acceptors (Lipinski definition) is 4. The van der Waals surface area contributed by atoms with Crippen LogP contribution in [0.4, 0.5) is 0 Å². The molecule has 0 N–H and O–H groups in total. The molecule has 3 nitrogen and oxygen atoms in total. The van der Waals surface area contributed by atoms with Crippen molar-refractivity contribution in [3.05, 3.63) is 40.2 Å². The number of hydrogen-bond donors (Lipinski definition) is 0. The van der Waals surface area contributed by atoms with Gasteiger partial charge in [-0.25, -0.2) is 4.98 Å². The van der Waals surface area contributed by atoms with Crippen LogP contribution in [-0.4, -0.2) is 4.98 Å². The second-order valence-electron chi connectivity index (χ2n) is 3.11. The Morgan fingerprint density at radius 3 is 2.94 bits per heavy atom. The molecule has 1 heterocycles. The van der Waals surface area contributed by atoms with Gasteiger partial charge in [0.2, 0.25) is 0 Å². The smallest absolute Gasteiger partial charge is 0.260 e. The van der Waals surface area contributed by atoms with E-state index in [-0.39, 0.29) is 0 Å². The molecular formula is C11H7BrN2OS. The maximum atomic E-state index is 8.99. The Kier molecular flexibility index (Phi) is 3.32. The molecule has 0 aliphatic carbocycles. The Morgan fingerprint density at radius 1 is 1.50 bits per heavy atom. The highest BCUT2D eigenvalue weighted by Crippen LogP contribution is 2.31. The number of aryl methyl sites for hydroxylation is 1. The van der Waals surface area contributed by atoms with Gasteiger partial charge in [0.25, 0.3) is 5.22 Å². The molecule has 5 heteroatoms. The van der Waals surface area contributed by atoms with E-state index in [1.165, 1.54) is 11.8 Å². The van der Waals surface area contributed by atoms with E-state index < -0.39 is 0 Å². The average molecular weight is 295 g/mol. The number of halogens is 1. The Morgan fingerprint density at radius 2 is 2.31 bits per heavy atom. The second kappa shape index (κ2) is 4.73. The SMILES string of the molecule is Cc1coc(Sc2ccc(Br)cc2C#N)n1. The first-order valence-electron chi connectivity index (χ1n) is 4.48. The molecular weight excluding hydrogens is 288 g/mol. The van der Waals surface area contributed by atoms with Gasteiger partial charge in [0.05, 0.1) is 11.3 Å². The van der Waals surface area contributed by atoms with Gasteiger partial charge in [-0.2, -0.15) is 5.26 Å². The summed E-state index contributed by atoms with van der Waals surface area (Å²) in [4.78, 5) is 5.02. The molecule has 0 saturated heterocycles. The summed E-state index contributed by atoms with van der Waals surface area (Å²) in [5, 5.41) is 9.54. The van der Waals surface area contributed by atoms with Crippen LogP contribution >= 0.6 is 27.7 Å². The zero-order chi connectivity index (χ0) is 11.5. The molecule has 0 spiro atoms. The van der Waals surface area contributed by atoms with E-state index in [2.05, 4.69) is 27.0 Å². The van der Waals surface area contributed by atoms with Crippen LogP contribution in [0.2, 0.25) is 0 Å². The largest absolute Gasteiger partial charge is 0.439 e. The molecule has 1 aromatic carbocycles. The van der Waals surface area contributed by atoms with Crippen molar-refractivity contribution in [2.24, 2.45) is 0 Å². The quantitative estimate of drug-likeness (QED) is 0.846. The zero-order valence-electron chi connectivity index (χ0n) is 8.40. The van der Waals surface area contributed by atoms with E-state index in [1.54, 1.807) is 12.3 Å². The molecule has 0 bridgehead atoms. The van der Waals surface area contributed by atoms with Crippen molar-refractivity contribution in [1.82, 2.24) is 4.98 Å². The highest BCUT2D eigenvalue weighted by molar-refractivity contribution is 9.10. The topological polar surface area (TPSA) is 49.8 Å². The first kappa shape index (κ1) is 11.2. The van der Waals surface area contributed by atoms with Crippen LogP contribution in [0.15, 0.2) is 43.5 Å². The van der Waals surface area contributed by atoms with Crippen LogP contribution < -0.4 is 0 Å². The summed E-state index contributed by atoms with van der Waals surface area (Å²) in [6.07, 6.45) is 1.59. The Labute approximate surface area is 106 Å². The van der Waals surface area contributed by atoms with Crippen molar-refractivity contribution in [2.45, 2.75) is 17.0 Å². The van der Waals surface area contributed by atoms with Crippen molar-refractivity contribution in [3.63, 3.8) is 0 Å². The normalized spacial score (nSPS) is 10.1. The number of nitriles is 1. The summed E-state index contributed by atoms with van der Waals surface area (Å²) in [5.74, 6) is 0. The van der Waals surface area contributed by atoms with Crippen LogP contribution in [0.1, 0.15) is 11.3 Å². The van der Waals surface area contributed by atoms with E-state index >= 15 is 0 Å². The number of aromatic nitrogens is 1. The number of benzene rings is 1. The van der Waals surface area contributed by atoms with E-state index in [9.17, 15) is 0 Å². The van der Waals surface area contributed by atoms with Crippen LogP contribution in [0, 0.1) is 18.3 Å². The lowest BCUT2D eigenvalue weighted by Crippen LogP contribution is -1.81. The average Bonchev–Trinajstić information content (AvgIpc) is 2.67. The van der Waals surface area contributed by atoms with E-state index in [1.807, 2.05) is 19.1 Å². The van der Waals surface area contributed by atoms with Gasteiger partial charge < -0.3 is 4.42 Å². The standard InChI is InChI=1S/C11H7BrN2OS/c1-7-6-15-11(14-7)16-10-3-2-9(12)4-8(10)5-13/h2-4,6H,1H3. The molecule has 0 unspecified atom stereocenters. The Hall–Kier alpha value is -1.25. The predicted octanol–water partition coefficient (Wildman–Crippen LogP) is 3.77. The number of oxazole rings is 1. The fourth-order valence-corrected chi connectivity index (χ4v) is 2.34. The molecule has 80 valence electrons. The van der Waals surface area contributed by atoms with Crippen molar-refractivity contribution in [2.75, 3.05) is 0 Å². The molecule has 0 fully saturated rings. The van der Waals surface area contributed by atoms with E-state index in [0.717, 1.165) is 15.1 Å². The first-order valence-corrected chi connectivity index (χ1v) is 6.09. The summed E-state index contributed by atoms with van der Waals surface area (Å²) >= 11 is 4.67. The van der Waals surface area contributed by atoms with Gasteiger partial charge >= 0.3 is 0 Å². The molecule has 2 rings (SSSR count). The fourth-order valence-electron chi connectivity index (χ4n) is 1.15. The predicted molar refractivity (Wildman–Crippen MR) is 64.2 cm³/mol. The summed E-state index contributed by atoms with van der Waals surface area (Å²) < 4.78 is 6.11. The zero-order valence-corrected chi connectivity index (χ0v) is 10.8. The highest BCUT2D eigenvalue weighted by Gasteiger charge is 2.08. The summed E-state index contributed by atoms with van der Waals surface area (Å²) in [6.45, 7) is 1.86. The minimum atomic E-state index is 0.552. The molecule has 1 aromatic heterocycles.